The lowest BCUT2D eigenvalue weighted by molar-refractivity contribution is -0.133. The van der Waals surface area contributed by atoms with Gasteiger partial charge in [0, 0.05) is 25.6 Å². The minimum absolute atomic E-state index is 0.0290. The lowest BCUT2D eigenvalue weighted by Crippen LogP contribution is -2.36. The second-order valence-corrected chi connectivity index (χ2v) is 5.31. The normalized spacial score (nSPS) is 12.4. The van der Waals surface area contributed by atoms with Crippen LogP contribution in [0.4, 0.5) is 0 Å². The first-order chi connectivity index (χ1) is 9.45. The summed E-state index contributed by atoms with van der Waals surface area (Å²) in [4.78, 5) is 14.1. The molecule has 0 saturated heterocycles. The van der Waals surface area contributed by atoms with Crippen molar-refractivity contribution in [2.24, 2.45) is 0 Å². The third-order valence-electron chi connectivity index (χ3n) is 3.37. The molecular weight excluding hydrogens is 252 g/mol. The van der Waals surface area contributed by atoms with E-state index in [1.807, 2.05) is 24.8 Å². The van der Waals surface area contributed by atoms with Crippen molar-refractivity contribution in [3.05, 3.63) is 29.8 Å². The number of nitrogens with zero attached hydrogens (tertiary/aromatic N) is 1. The van der Waals surface area contributed by atoms with Gasteiger partial charge in [-0.15, -0.1) is 0 Å². The molecule has 1 aromatic rings. The average molecular weight is 278 g/mol. The maximum absolute atomic E-state index is 12.3. The van der Waals surface area contributed by atoms with E-state index in [-0.39, 0.29) is 17.7 Å². The Morgan fingerprint density at radius 1 is 1.35 bits per heavy atom. The van der Waals surface area contributed by atoms with E-state index in [2.05, 4.69) is 19.2 Å². The molecule has 0 radical (unpaired) electrons. The molecule has 0 aliphatic heterocycles. The Labute approximate surface area is 121 Å². The first-order valence-corrected chi connectivity index (χ1v) is 7.27. The SMILES string of the molecule is CCN(C(=O)CCNC(C)C)C(C)c1cccc(O)c1. The van der Waals surface area contributed by atoms with Crippen LogP contribution in [-0.2, 0) is 4.79 Å². The van der Waals surface area contributed by atoms with E-state index in [0.29, 0.717) is 25.6 Å². The van der Waals surface area contributed by atoms with Crippen LogP contribution in [0.15, 0.2) is 24.3 Å². The molecule has 1 atom stereocenters. The Bertz CT molecular complexity index is 432. The van der Waals surface area contributed by atoms with E-state index in [4.69, 9.17) is 0 Å². The molecule has 4 heteroatoms. The number of amides is 1. The number of phenolic OH excluding ortho intramolecular Hbond substituents is 1. The molecule has 0 fully saturated rings. The van der Waals surface area contributed by atoms with Gasteiger partial charge >= 0.3 is 0 Å². The third kappa shape index (κ3) is 4.85. The number of aromatic hydroxyl groups is 1. The Morgan fingerprint density at radius 2 is 2.05 bits per heavy atom. The number of nitrogens with one attached hydrogen (secondary N) is 1. The van der Waals surface area contributed by atoms with Crippen LogP contribution in [0.3, 0.4) is 0 Å². The van der Waals surface area contributed by atoms with Gasteiger partial charge in [0.2, 0.25) is 5.91 Å². The van der Waals surface area contributed by atoms with E-state index >= 15 is 0 Å². The smallest absolute Gasteiger partial charge is 0.224 e. The van der Waals surface area contributed by atoms with Crippen molar-refractivity contribution in [1.82, 2.24) is 10.2 Å². The van der Waals surface area contributed by atoms with E-state index in [0.717, 1.165) is 5.56 Å². The summed E-state index contributed by atoms with van der Waals surface area (Å²) in [6.45, 7) is 9.46. The first kappa shape index (κ1) is 16.5. The van der Waals surface area contributed by atoms with Crippen LogP contribution in [0.1, 0.15) is 45.7 Å². The Hall–Kier alpha value is -1.55. The second-order valence-electron chi connectivity index (χ2n) is 5.31. The number of phenols is 1. The Kier molecular flexibility index (Phi) is 6.52. The highest BCUT2D eigenvalue weighted by atomic mass is 16.3. The van der Waals surface area contributed by atoms with Crippen LogP contribution in [0.25, 0.3) is 0 Å². The highest BCUT2D eigenvalue weighted by molar-refractivity contribution is 5.76. The van der Waals surface area contributed by atoms with Crippen molar-refractivity contribution >= 4 is 5.91 Å². The van der Waals surface area contributed by atoms with Gasteiger partial charge in [-0.3, -0.25) is 4.79 Å². The number of hydrogen-bond acceptors (Lipinski definition) is 3. The molecule has 20 heavy (non-hydrogen) atoms. The quantitative estimate of drug-likeness (QED) is 0.806. The molecule has 1 amide bonds. The number of hydrogen-bond donors (Lipinski definition) is 2. The van der Waals surface area contributed by atoms with Crippen molar-refractivity contribution in [2.45, 2.75) is 46.2 Å². The van der Waals surface area contributed by atoms with Gasteiger partial charge in [0.1, 0.15) is 5.75 Å². The molecule has 1 rings (SSSR count). The summed E-state index contributed by atoms with van der Waals surface area (Å²) in [7, 11) is 0. The van der Waals surface area contributed by atoms with Crippen molar-refractivity contribution in [3.8, 4) is 5.75 Å². The lowest BCUT2D eigenvalue weighted by Gasteiger charge is -2.29. The third-order valence-corrected chi connectivity index (χ3v) is 3.37. The van der Waals surface area contributed by atoms with Crippen LogP contribution in [0.2, 0.25) is 0 Å². The zero-order chi connectivity index (χ0) is 15.1. The molecule has 0 aliphatic carbocycles. The zero-order valence-electron chi connectivity index (χ0n) is 12.9. The number of benzene rings is 1. The number of carbonyl (C=O) groups is 1. The van der Waals surface area contributed by atoms with Crippen molar-refractivity contribution in [2.75, 3.05) is 13.1 Å². The van der Waals surface area contributed by atoms with Crippen LogP contribution in [-0.4, -0.2) is 35.0 Å². The Morgan fingerprint density at radius 3 is 2.60 bits per heavy atom. The van der Waals surface area contributed by atoms with Crippen LogP contribution < -0.4 is 5.32 Å². The average Bonchev–Trinajstić information content (AvgIpc) is 2.39. The molecule has 2 N–H and O–H groups in total. The maximum Gasteiger partial charge on any atom is 0.224 e. The molecule has 1 aromatic carbocycles. The molecule has 0 bridgehead atoms. The monoisotopic (exact) mass is 278 g/mol. The summed E-state index contributed by atoms with van der Waals surface area (Å²) in [5.74, 6) is 0.371. The summed E-state index contributed by atoms with van der Waals surface area (Å²) in [5.41, 5.74) is 0.956. The maximum atomic E-state index is 12.3. The van der Waals surface area contributed by atoms with Crippen LogP contribution >= 0.6 is 0 Å². The number of carbonyl (C=O) groups excluding carboxylic acids is 1. The fourth-order valence-electron chi connectivity index (χ4n) is 2.24. The molecular formula is C16H26N2O2. The molecule has 112 valence electrons. The standard InChI is InChI=1S/C16H26N2O2/c1-5-18(16(20)9-10-17-12(2)3)13(4)14-7-6-8-15(19)11-14/h6-8,11-13,17,19H,5,9-10H2,1-4H3. The summed E-state index contributed by atoms with van der Waals surface area (Å²) in [6, 6.07) is 7.46. The predicted octanol–water partition coefficient (Wildman–Crippen LogP) is 2.69. The highest BCUT2D eigenvalue weighted by Crippen LogP contribution is 2.23. The molecule has 0 aliphatic rings. The van der Waals surface area contributed by atoms with Gasteiger partial charge in [0.25, 0.3) is 0 Å². The fraction of sp³-hybridized carbons (Fsp3) is 0.562. The minimum Gasteiger partial charge on any atom is -0.508 e. The minimum atomic E-state index is -0.0290. The van der Waals surface area contributed by atoms with Gasteiger partial charge in [0.15, 0.2) is 0 Å². The van der Waals surface area contributed by atoms with Crippen molar-refractivity contribution in [3.63, 3.8) is 0 Å². The summed E-state index contributed by atoms with van der Waals surface area (Å²) in [6.07, 6.45) is 0.495. The lowest BCUT2D eigenvalue weighted by atomic mass is 10.1. The van der Waals surface area contributed by atoms with E-state index < -0.39 is 0 Å². The van der Waals surface area contributed by atoms with Gasteiger partial charge in [-0.2, -0.15) is 0 Å². The van der Waals surface area contributed by atoms with Gasteiger partial charge in [0.05, 0.1) is 6.04 Å². The molecule has 0 spiro atoms. The van der Waals surface area contributed by atoms with Crippen molar-refractivity contribution in [1.29, 1.82) is 0 Å². The second kappa shape index (κ2) is 7.90. The molecule has 0 aromatic heterocycles. The Balaban J connectivity index is 2.67. The summed E-state index contributed by atoms with van der Waals surface area (Å²) < 4.78 is 0. The summed E-state index contributed by atoms with van der Waals surface area (Å²) >= 11 is 0. The first-order valence-electron chi connectivity index (χ1n) is 7.27. The van der Waals surface area contributed by atoms with Crippen molar-refractivity contribution < 1.29 is 9.90 Å². The molecule has 4 nitrogen and oxygen atoms in total. The van der Waals surface area contributed by atoms with Gasteiger partial charge in [-0.1, -0.05) is 26.0 Å². The van der Waals surface area contributed by atoms with Crippen LogP contribution in [0.5, 0.6) is 5.75 Å². The van der Waals surface area contributed by atoms with Gasteiger partial charge in [-0.05, 0) is 31.5 Å². The van der Waals surface area contributed by atoms with Gasteiger partial charge < -0.3 is 15.3 Å². The van der Waals surface area contributed by atoms with Crippen LogP contribution in [0, 0.1) is 0 Å². The number of rotatable bonds is 7. The fourth-order valence-corrected chi connectivity index (χ4v) is 2.24. The highest BCUT2D eigenvalue weighted by Gasteiger charge is 2.19. The largest absolute Gasteiger partial charge is 0.508 e. The van der Waals surface area contributed by atoms with E-state index in [1.165, 1.54) is 0 Å². The molecule has 0 heterocycles. The van der Waals surface area contributed by atoms with E-state index in [9.17, 15) is 9.90 Å². The molecule has 1 unspecified atom stereocenters. The topological polar surface area (TPSA) is 52.6 Å². The predicted molar refractivity (Wildman–Crippen MR) is 81.7 cm³/mol. The van der Waals surface area contributed by atoms with E-state index in [1.54, 1.807) is 18.2 Å². The zero-order valence-corrected chi connectivity index (χ0v) is 12.9. The van der Waals surface area contributed by atoms with Gasteiger partial charge in [-0.25, -0.2) is 0 Å². The molecule has 0 saturated carbocycles. The summed E-state index contributed by atoms with van der Waals surface area (Å²) in [5, 5.41) is 12.8.